The van der Waals surface area contributed by atoms with E-state index in [0.29, 0.717) is 23.4 Å². The number of aliphatic imine (C=N–C) groups is 1. The summed E-state index contributed by atoms with van der Waals surface area (Å²) in [5.41, 5.74) is 2.55. The maximum atomic E-state index is 12.7. The van der Waals surface area contributed by atoms with Crippen LogP contribution in [0.5, 0.6) is 5.88 Å². The van der Waals surface area contributed by atoms with Crippen LogP contribution in [0.1, 0.15) is 53.4 Å². The number of nitrogens with zero attached hydrogens (tertiary/aromatic N) is 2. The van der Waals surface area contributed by atoms with Gasteiger partial charge >= 0.3 is 0 Å². The number of rotatable bonds is 7. The van der Waals surface area contributed by atoms with Gasteiger partial charge in [-0.2, -0.15) is 0 Å². The molecule has 0 aromatic carbocycles. The van der Waals surface area contributed by atoms with Gasteiger partial charge in [-0.15, -0.1) is 22.7 Å². The van der Waals surface area contributed by atoms with Crippen molar-refractivity contribution in [3.63, 3.8) is 0 Å². The van der Waals surface area contributed by atoms with Crippen molar-refractivity contribution >= 4 is 34.3 Å². The largest absolute Gasteiger partial charge is 0.494 e. The minimum atomic E-state index is -0.255. The molecular formula is C20H20N2O2S2. The van der Waals surface area contributed by atoms with Gasteiger partial charge in [0.25, 0.3) is 5.91 Å². The van der Waals surface area contributed by atoms with Gasteiger partial charge in [-0.25, -0.2) is 4.99 Å². The molecule has 3 aromatic heterocycles. The lowest BCUT2D eigenvalue weighted by atomic mass is 10.1. The summed E-state index contributed by atoms with van der Waals surface area (Å²) in [6, 6.07) is 7.84. The number of amides is 1. The molecule has 1 amide bonds. The van der Waals surface area contributed by atoms with Crippen molar-refractivity contribution in [3.05, 3.63) is 51.0 Å². The molecule has 0 atom stereocenters. The molecular weight excluding hydrogens is 364 g/mol. The second-order valence-corrected chi connectivity index (χ2v) is 8.25. The van der Waals surface area contributed by atoms with Crippen molar-refractivity contribution in [3.8, 4) is 16.5 Å². The maximum Gasteiger partial charge on any atom is 0.280 e. The van der Waals surface area contributed by atoms with Crippen LogP contribution in [-0.2, 0) is 6.54 Å². The minimum absolute atomic E-state index is 0.165. The molecule has 0 spiro atoms. The summed E-state index contributed by atoms with van der Waals surface area (Å²) in [6.07, 6.45) is 4.44. The van der Waals surface area contributed by atoms with Crippen LogP contribution in [0, 0.1) is 0 Å². The van der Waals surface area contributed by atoms with E-state index in [2.05, 4.69) is 11.9 Å². The van der Waals surface area contributed by atoms with Crippen molar-refractivity contribution in [1.82, 2.24) is 4.57 Å². The number of carbonyl (C=O) groups excluding carboxylic acids is 1. The Kier molecular flexibility index (Phi) is 4.78. The van der Waals surface area contributed by atoms with Crippen LogP contribution >= 0.6 is 22.7 Å². The number of aromatic hydroxyl groups is 1. The Morgan fingerprint density at radius 1 is 1.04 bits per heavy atom. The number of thiophene rings is 2. The predicted octanol–water partition coefficient (Wildman–Crippen LogP) is 5.56. The van der Waals surface area contributed by atoms with E-state index in [1.54, 1.807) is 11.3 Å². The molecule has 1 aliphatic heterocycles. The molecule has 0 saturated heterocycles. The highest BCUT2D eigenvalue weighted by atomic mass is 32.1. The second-order valence-electron chi connectivity index (χ2n) is 6.35. The summed E-state index contributed by atoms with van der Waals surface area (Å²) >= 11 is 3.11. The topological polar surface area (TPSA) is 54.6 Å². The lowest BCUT2D eigenvalue weighted by molar-refractivity contribution is 0.101. The van der Waals surface area contributed by atoms with Crippen molar-refractivity contribution in [2.45, 2.75) is 39.2 Å². The summed E-state index contributed by atoms with van der Waals surface area (Å²) in [6.45, 7) is 2.89. The Bertz CT molecular complexity index is 951. The van der Waals surface area contributed by atoms with Gasteiger partial charge in [0.2, 0.25) is 5.88 Å². The summed E-state index contributed by atoms with van der Waals surface area (Å²) in [7, 11) is 0. The Morgan fingerprint density at radius 3 is 2.42 bits per heavy atom. The van der Waals surface area contributed by atoms with Gasteiger partial charge in [0, 0.05) is 6.54 Å². The molecule has 4 heterocycles. The molecule has 0 aliphatic carbocycles. The van der Waals surface area contributed by atoms with Gasteiger partial charge in [0.05, 0.1) is 32.3 Å². The van der Waals surface area contributed by atoms with Crippen LogP contribution in [0.25, 0.3) is 10.6 Å². The number of hydrogen-bond acceptors (Lipinski definition) is 4. The van der Waals surface area contributed by atoms with Gasteiger partial charge < -0.3 is 9.67 Å². The third-order valence-corrected chi connectivity index (χ3v) is 6.40. The Labute approximate surface area is 160 Å². The van der Waals surface area contributed by atoms with Crippen LogP contribution in [0.2, 0.25) is 0 Å². The highest BCUT2D eigenvalue weighted by Crippen LogP contribution is 2.43. The number of fused-ring (bicyclic) bond motifs is 1. The van der Waals surface area contributed by atoms with Crippen LogP contribution in [0.4, 0.5) is 0 Å². The molecule has 0 fully saturated rings. The average Bonchev–Trinajstić information content (AvgIpc) is 3.40. The van der Waals surface area contributed by atoms with Crippen LogP contribution in [0.15, 0.2) is 40.0 Å². The van der Waals surface area contributed by atoms with E-state index < -0.39 is 0 Å². The Balaban J connectivity index is 1.83. The molecule has 1 N–H and O–H groups in total. The Morgan fingerprint density at radius 2 is 1.77 bits per heavy atom. The molecule has 6 heteroatoms. The van der Waals surface area contributed by atoms with Crippen molar-refractivity contribution in [1.29, 1.82) is 0 Å². The Hall–Kier alpha value is -2.18. The molecule has 4 nitrogen and oxygen atoms in total. The smallest absolute Gasteiger partial charge is 0.280 e. The highest BCUT2D eigenvalue weighted by molar-refractivity contribution is 7.13. The van der Waals surface area contributed by atoms with E-state index in [-0.39, 0.29) is 11.8 Å². The highest BCUT2D eigenvalue weighted by Gasteiger charge is 2.36. The van der Waals surface area contributed by atoms with E-state index in [0.717, 1.165) is 28.3 Å². The fourth-order valence-corrected chi connectivity index (χ4v) is 4.93. The quantitative estimate of drug-likeness (QED) is 0.543. The SMILES string of the molecule is CCCCCCn1c(O)c2c(c1-c1cccs1)C(=O)N=C2c1cccs1. The molecule has 4 rings (SSSR count). The summed E-state index contributed by atoms with van der Waals surface area (Å²) in [5, 5.41) is 15.0. The number of aromatic nitrogens is 1. The molecule has 0 radical (unpaired) electrons. The van der Waals surface area contributed by atoms with Crippen molar-refractivity contribution in [2.24, 2.45) is 4.99 Å². The van der Waals surface area contributed by atoms with Gasteiger partial charge in [-0.1, -0.05) is 38.3 Å². The first-order valence-corrected chi connectivity index (χ1v) is 10.6. The lowest BCUT2D eigenvalue weighted by Crippen LogP contribution is -2.03. The summed E-state index contributed by atoms with van der Waals surface area (Å²) < 4.78 is 1.91. The second kappa shape index (κ2) is 7.21. The molecule has 0 bridgehead atoms. The van der Waals surface area contributed by atoms with Gasteiger partial charge in [0.15, 0.2) is 0 Å². The van der Waals surface area contributed by atoms with E-state index in [9.17, 15) is 9.90 Å². The fourth-order valence-electron chi connectivity index (χ4n) is 3.43. The standard InChI is InChI=1S/C20H20N2O2S2/c1-2-3-4-5-10-22-18(14-9-7-12-26-14)16-15(20(22)24)17(21-19(16)23)13-8-6-11-25-13/h6-9,11-12,24H,2-5,10H2,1H3. The number of carbonyl (C=O) groups is 1. The fraction of sp³-hybridized carbons (Fsp3) is 0.300. The normalized spacial score (nSPS) is 13.3. The molecule has 0 unspecified atom stereocenters. The first-order chi connectivity index (χ1) is 12.7. The van der Waals surface area contributed by atoms with Gasteiger partial charge in [-0.3, -0.25) is 4.79 Å². The molecule has 1 aliphatic rings. The zero-order valence-electron chi connectivity index (χ0n) is 14.6. The third-order valence-electron chi connectivity index (χ3n) is 4.64. The van der Waals surface area contributed by atoms with E-state index in [4.69, 9.17) is 0 Å². The third kappa shape index (κ3) is 2.83. The number of unbranched alkanes of at least 4 members (excludes halogenated alkanes) is 3. The number of hydrogen-bond donors (Lipinski definition) is 1. The summed E-state index contributed by atoms with van der Waals surface area (Å²) in [5.74, 6) is -0.0905. The van der Waals surface area contributed by atoms with Gasteiger partial charge in [0.1, 0.15) is 0 Å². The first kappa shape index (κ1) is 17.2. The van der Waals surface area contributed by atoms with E-state index >= 15 is 0 Å². The zero-order chi connectivity index (χ0) is 18.1. The maximum absolute atomic E-state index is 12.7. The summed E-state index contributed by atoms with van der Waals surface area (Å²) in [4.78, 5) is 18.9. The van der Waals surface area contributed by atoms with Crippen molar-refractivity contribution in [2.75, 3.05) is 0 Å². The van der Waals surface area contributed by atoms with Crippen molar-refractivity contribution < 1.29 is 9.90 Å². The first-order valence-electron chi connectivity index (χ1n) is 8.89. The minimum Gasteiger partial charge on any atom is -0.494 e. The predicted molar refractivity (Wildman–Crippen MR) is 108 cm³/mol. The molecule has 134 valence electrons. The molecule has 26 heavy (non-hydrogen) atoms. The van der Waals surface area contributed by atoms with Gasteiger partial charge in [-0.05, 0) is 29.3 Å². The van der Waals surface area contributed by atoms with Crippen LogP contribution in [-0.4, -0.2) is 21.3 Å². The monoisotopic (exact) mass is 384 g/mol. The van der Waals surface area contributed by atoms with Crippen LogP contribution in [0.3, 0.4) is 0 Å². The van der Waals surface area contributed by atoms with E-state index in [1.807, 2.05) is 39.6 Å². The lowest BCUT2D eigenvalue weighted by Gasteiger charge is -2.11. The molecule has 0 saturated carbocycles. The van der Waals surface area contributed by atoms with E-state index in [1.165, 1.54) is 24.2 Å². The average molecular weight is 385 g/mol. The zero-order valence-corrected chi connectivity index (χ0v) is 16.2. The van der Waals surface area contributed by atoms with Crippen LogP contribution < -0.4 is 0 Å². The molecule has 3 aromatic rings.